The topological polar surface area (TPSA) is 81.3 Å². The number of fused-ring (bicyclic) bond motifs is 1. The minimum Gasteiger partial charge on any atom is -0.476 e. The van der Waals surface area contributed by atoms with E-state index >= 15 is 0 Å². The predicted octanol–water partition coefficient (Wildman–Crippen LogP) is 0.820. The summed E-state index contributed by atoms with van der Waals surface area (Å²) >= 11 is 0. The molecule has 0 N–H and O–H groups in total. The molecule has 1 saturated heterocycles. The summed E-state index contributed by atoms with van der Waals surface area (Å²) < 4.78 is 7.38. The van der Waals surface area contributed by atoms with Crippen LogP contribution in [0.1, 0.15) is 6.42 Å². The minimum atomic E-state index is 0.459. The molecule has 3 aromatic heterocycles. The smallest absolute Gasteiger partial charge is 0.232 e. The van der Waals surface area contributed by atoms with E-state index in [-0.39, 0.29) is 0 Å². The molecule has 0 saturated carbocycles. The van der Waals surface area contributed by atoms with Gasteiger partial charge in [0.05, 0.1) is 12.8 Å². The van der Waals surface area contributed by atoms with Crippen LogP contribution in [0.15, 0.2) is 37.1 Å². The molecule has 1 aliphatic heterocycles. The van der Waals surface area contributed by atoms with Gasteiger partial charge < -0.3 is 9.64 Å². The van der Waals surface area contributed by atoms with Gasteiger partial charge in [-0.1, -0.05) is 0 Å². The Kier molecular flexibility index (Phi) is 3.26. The van der Waals surface area contributed by atoms with Gasteiger partial charge in [0.2, 0.25) is 5.88 Å². The molecule has 4 heterocycles. The van der Waals surface area contributed by atoms with Gasteiger partial charge in [0.25, 0.3) is 0 Å². The van der Waals surface area contributed by atoms with Crippen LogP contribution in [0.5, 0.6) is 5.88 Å². The molecule has 1 atom stereocenters. The molecule has 22 heavy (non-hydrogen) atoms. The SMILES string of the molecule is c1cnc(OCC2CCN(c3ccc4nncn4n3)C2)cn1. The van der Waals surface area contributed by atoms with Crippen molar-refractivity contribution < 1.29 is 4.74 Å². The summed E-state index contributed by atoms with van der Waals surface area (Å²) in [7, 11) is 0. The molecule has 0 aromatic carbocycles. The summed E-state index contributed by atoms with van der Waals surface area (Å²) in [5.41, 5.74) is 0.755. The summed E-state index contributed by atoms with van der Waals surface area (Å²) in [5.74, 6) is 1.97. The highest BCUT2D eigenvalue weighted by Crippen LogP contribution is 2.22. The number of aromatic nitrogens is 6. The maximum absolute atomic E-state index is 5.69. The molecule has 0 radical (unpaired) electrons. The van der Waals surface area contributed by atoms with E-state index in [9.17, 15) is 0 Å². The summed E-state index contributed by atoms with van der Waals surface area (Å²) in [6, 6.07) is 3.91. The zero-order valence-corrected chi connectivity index (χ0v) is 11.9. The van der Waals surface area contributed by atoms with Crippen molar-refractivity contribution in [3.63, 3.8) is 0 Å². The number of hydrogen-bond donors (Lipinski definition) is 0. The number of nitrogens with zero attached hydrogens (tertiary/aromatic N) is 7. The molecular weight excluding hydrogens is 282 g/mol. The Bertz CT molecular complexity index is 760. The molecule has 0 aliphatic carbocycles. The Balaban J connectivity index is 1.39. The second kappa shape index (κ2) is 5.55. The fourth-order valence-electron chi connectivity index (χ4n) is 2.63. The van der Waals surface area contributed by atoms with Crippen LogP contribution in [-0.4, -0.2) is 49.5 Å². The van der Waals surface area contributed by atoms with Crippen LogP contribution in [0.3, 0.4) is 0 Å². The van der Waals surface area contributed by atoms with Gasteiger partial charge in [0.15, 0.2) is 5.65 Å². The minimum absolute atomic E-state index is 0.459. The normalized spacial score (nSPS) is 18.0. The van der Waals surface area contributed by atoms with Crippen molar-refractivity contribution in [1.29, 1.82) is 0 Å². The third-order valence-corrected chi connectivity index (χ3v) is 3.76. The Hall–Kier alpha value is -2.77. The average molecular weight is 297 g/mol. The highest BCUT2D eigenvalue weighted by Gasteiger charge is 2.24. The van der Waals surface area contributed by atoms with Gasteiger partial charge in [0, 0.05) is 31.4 Å². The number of anilines is 1. The molecule has 1 aliphatic rings. The maximum Gasteiger partial charge on any atom is 0.232 e. The molecule has 0 bridgehead atoms. The largest absolute Gasteiger partial charge is 0.476 e. The Labute approximate surface area is 126 Å². The zero-order valence-electron chi connectivity index (χ0n) is 11.9. The van der Waals surface area contributed by atoms with Crippen molar-refractivity contribution in [1.82, 2.24) is 29.8 Å². The molecule has 0 spiro atoms. The third kappa shape index (κ3) is 2.54. The van der Waals surface area contributed by atoms with Crippen LogP contribution < -0.4 is 9.64 Å². The lowest BCUT2D eigenvalue weighted by atomic mass is 10.1. The molecule has 3 aromatic rings. The number of hydrogen-bond acceptors (Lipinski definition) is 7. The van der Waals surface area contributed by atoms with Crippen LogP contribution in [0.25, 0.3) is 5.65 Å². The highest BCUT2D eigenvalue weighted by molar-refractivity contribution is 5.45. The zero-order chi connectivity index (χ0) is 14.8. The van der Waals surface area contributed by atoms with E-state index in [1.54, 1.807) is 29.4 Å². The van der Waals surface area contributed by atoms with E-state index in [1.165, 1.54) is 0 Å². The van der Waals surface area contributed by atoms with E-state index < -0.39 is 0 Å². The van der Waals surface area contributed by atoms with Crippen LogP contribution >= 0.6 is 0 Å². The third-order valence-electron chi connectivity index (χ3n) is 3.76. The van der Waals surface area contributed by atoms with Crippen LogP contribution in [0.4, 0.5) is 5.82 Å². The van der Waals surface area contributed by atoms with E-state index in [4.69, 9.17) is 4.74 Å². The first-order valence-electron chi connectivity index (χ1n) is 7.19. The first-order valence-corrected chi connectivity index (χ1v) is 7.19. The van der Waals surface area contributed by atoms with Gasteiger partial charge in [-0.3, -0.25) is 4.98 Å². The lowest BCUT2D eigenvalue weighted by Crippen LogP contribution is -2.23. The van der Waals surface area contributed by atoms with Gasteiger partial charge in [-0.15, -0.1) is 15.3 Å². The van der Waals surface area contributed by atoms with Gasteiger partial charge >= 0.3 is 0 Å². The second-order valence-corrected chi connectivity index (χ2v) is 5.28. The molecular formula is C14H15N7O. The second-order valence-electron chi connectivity index (χ2n) is 5.28. The lowest BCUT2D eigenvalue weighted by molar-refractivity contribution is 0.251. The van der Waals surface area contributed by atoms with Crippen molar-refractivity contribution in [2.45, 2.75) is 6.42 Å². The molecule has 8 heteroatoms. The first kappa shape index (κ1) is 12.9. The quantitative estimate of drug-likeness (QED) is 0.705. The molecule has 1 unspecified atom stereocenters. The van der Waals surface area contributed by atoms with Crippen molar-refractivity contribution in [3.8, 4) is 5.88 Å². The fourth-order valence-corrected chi connectivity index (χ4v) is 2.63. The average Bonchev–Trinajstić information content (AvgIpc) is 3.22. The van der Waals surface area contributed by atoms with Crippen LogP contribution in [0, 0.1) is 5.92 Å². The monoisotopic (exact) mass is 297 g/mol. The summed E-state index contributed by atoms with van der Waals surface area (Å²) in [6.45, 7) is 2.53. The number of ether oxygens (including phenoxy) is 1. The van der Waals surface area contributed by atoms with E-state index in [0.717, 1.165) is 31.0 Å². The standard InChI is InChI=1S/C14H15N7O/c1-2-13(19-21-10-17-18-12(1)21)20-6-3-11(8-20)9-22-14-7-15-4-5-16-14/h1-2,4-5,7,10-11H,3,6,8-9H2. The summed E-state index contributed by atoms with van der Waals surface area (Å²) in [4.78, 5) is 10.4. The molecule has 1 fully saturated rings. The van der Waals surface area contributed by atoms with Crippen LogP contribution in [0.2, 0.25) is 0 Å². The van der Waals surface area contributed by atoms with Crippen LogP contribution in [-0.2, 0) is 0 Å². The molecule has 8 nitrogen and oxygen atoms in total. The Morgan fingerprint density at radius 1 is 1.27 bits per heavy atom. The first-order chi connectivity index (χ1) is 10.9. The summed E-state index contributed by atoms with van der Waals surface area (Å²) in [6.07, 6.45) is 7.59. The van der Waals surface area contributed by atoms with E-state index in [2.05, 4.69) is 30.2 Å². The highest BCUT2D eigenvalue weighted by atomic mass is 16.5. The van der Waals surface area contributed by atoms with Gasteiger partial charge in [-0.25, -0.2) is 4.98 Å². The number of rotatable bonds is 4. The van der Waals surface area contributed by atoms with Crippen molar-refractivity contribution in [2.24, 2.45) is 5.92 Å². The van der Waals surface area contributed by atoms with E-state index in [1.807, 2.05) is 12.1 Å². The van der Waals surface area contributed by atoms with Crippen molar-refractivity contribution in [2.75, 3.05) is 24.6 Å². The molecule has 4 rings (SSSR count). The Morgan fingerprint density at radius 2 is 2.27 bits per heavy atom. The molecule has 0 amide bonds. The Morgan fingerprint density at radius 3 is 3.18 bits per heavy atom. The fraction of sp³-hybridized carbons (Fsp3) is 0.357. The van der Waals surface area contributed by atoms with Crippen molar-refractivity contribution >= 4 is 11.5 Å². The maximum atomic E-state index is 5.69. The van der Waals surface area contributed by atoms with E-state index in [0.29, 0.717) is 18.4 Å². The lowest BCUT2D eigenvalue weighted by Gasteiger charge is -2.17. The van der Waals surface area contributed by atoms with Crippen molar-refractivity contribution in [3.05, 3.63) is 37.1 Å². The predicted molar refractivity (Wildman–Crippen MR) is 78.6 cm³/mol. The molecule has 112 valence electrons. The van der Waals surface area contributed by atoms with Gasteiger partial charge in [-0.05, 0) is 18.6 Å². The summed E-state index contributed by atoms with van der Waals surface area (Å²) in [5, 5.41) is 12.3. The van der Waals surface area contributed by atoms with Gasteiger partial charge in [0.1, 0.15) is 12.1 Å². The van der Waals surface area contributed by atoms with Gasteiger partial charge in [-0.2, -0.15) is 4.52 Å².